The van der Waals surface area contributed by atoms with E-state index in [1.807, 2.05) is 0 Å². The van der Waals surface area contributed by atoms with Crippen LogP contribution in [0.2, 0.25) is 0 Å². The Balaban J connectivity index is 2.27. The highest BCUT2D eigenvalue weighted by atomic mass is 19.4. The zero-order valence-electron chi connectivity index (χ0n) is 14.4. The van der Waals surface area contributed by atoms with Gasteiger partial charge in [-0.25, -0.2) is 9.78 Å². The Labute approximate surface area is 153 Å². The van der Waals surface area contributed by atoms with E-state index >= 15 is 0 Å². The van der Waals surface area contributed by atoms with Gasteiger partial charge in [0.25, 0.3) is 5.91 Å². The third-order valence-electron chi connectivity index (χ3n) is 3.83. The molecular formula is C18H18F3N3O3. The normalized spacial score (nSPS) is 12.4. The molecule has 0 aliphatic rings. The summed E-state index contributed by atoms with van der Waals surface area (Å²) < 4.78 is 38.6. The molecule has 144 valence electrons. The smallest absolute Gasteiger partial charge is 0.416 e. The lowest BCUT2D eigenvalue weighted by atomic mass is 10.1. The molecule has 2 rings (SSSR count). The molecule has 0 bridgehead atoms. The molecule has 0 spiro atoms. The van der Waals surface area contributed by atoms with E-state index in [0.717, 1.165) is 12.1 Å². The number of nitrogens with one attached hydrogen (secondary N) is 2. The molecular weight excluding hydrogens is 363 g/mol. The third-order valence-corrected chi connectivity index (χ3v) is 3.83. The second-order valence-electron chi connectivity index (χ2n) is 5.87. The number of allylic oxidation sites excluding steroid dienone is 1. The molecule has 1 unspecified atom stereocenters. The Hall–Kier alpha value is -3.10. The van der Waals surface area contributed by atoms with Gasteiger partial charge in [0.2, 0.25) is 0 Å². The Morgan fingerprint density at radius 3 is 2.70 bits per heavy atom. The Morgan fingerprint density at radius 2 is 2.11 bits per heavy atom. The van der Waals surface area contributed by atoms with Crippen molar-refractivity contribution in [2.24, 2.45) is 0 Å². The first kappa shape index (κ1) is 20.2. The molecule has 6 nitrogen and oxygen atoms in total. The van der Waals surface area contributed by atoms with Crippen molar-refractivity contribution in [2.75, 3.05) is 0 Å². The van der Waals surface area contributed by atoms with E-state index < -0.39 is 29.7 Å². The number of hydrogen-bond acceptors (Lipinski definition) is 3. The zero-order valence-corrected chi connectivity index (χ0v) is 14.4. The lowest BCUT2D eigenvalue weighted by Gasteiger charge is -2.12. The van der Waals surface area contributed by atoms with Crippen LogP contribution < -0.4 is 5.32 Å². The van der Waals surface area contributed by atoms with Crippen LogP contribution in [0.25, 0.3) is 11.4 Å². The number of aryl methyl sites for hydroxylation is 1. The van der Waals surface area contributed by atoms with Crippen molar-refractivity contribution >= 4 is 11.9 Å². The van der Waals surface area contributed by atoms with Crippen LogP contribution in [-0.2, 0) is 11.0 Å². The molecule has 1 aromatic heterocycles. The minimum Gasteiger partial charge on any atom is -0.480 e. The van der Waals surface area contributed by atoms with Gasteiger partial charge in [-0.1, -0.05) is 18.2 Å². The number of carbonyl (C=O) groups excluding carboxylic acids is 1. The Kier molecular flexibility index (Phi) is 6.04. The average Bonchev–Trinajstić information content (AvgIpc) is 2.99. The van der Waals surface area contributed by atoms with Crippen molar-refractivity contribution in [3.05, 3.63) is 53.9 Å². The van der Waals surface area contributed by atoms with Gasteiger partial charge >= 0.3 is 12.1 Å². The number of halogens is 3. The molecule has 3 N–H and O–H groups in total. The highest BCUT2D eigenvalue weighted by Gasteiger charge is 2.31. The lowest BCUT2D eigenvalue weighted by molar-refractivity contribution is -0.139. The summed E-state index contributed by atoms with van der Waals surface area (Å²) in [7, 11) is 0. The van der Waals surface area contributed by atoms with E-state index in [-0.39, 0.29) is 23.5 Å². The van der Waals surface area contributed by atoms with E-state index in [0.29, 0.717) is 12.1 Å². The maximum absolute atomic E-state index is 12.9. The van der Waals surface area contributed by atoms with Gasteiger partial charge in [0, 0.05) is 11.3 Å². The first-order valence-corrected chi connectivity index (χ1v) is 8.02. The monoisotopic (exact) mass is 381 g/mol. The number of aromatic amines is 1. The molecule has 1 atom stereocenters. The lowest BCUT2D eigenvalue weighted by Crippen LogP contribution is -2.41. The number of H-pyrrole nitrogens is 1. The molecule has 1 heterocycles. The van der Waals surface area contributed by atoms with Crippen LogP contribution in [-0.4, -0.2) is 33.0 Å². The highest BCUT2D eigenvalue weighted by Crippen LogP contribution is 2.31. The van der Waals surface area contributed by atoms with Gasteiger partial charge < -0.3 is 15.4 Å². The summed E-state index contributed by atoms with van der Waals surface area (Å²) in [5.41, 5.74) is -0.441. The summed E-state index contributed by atoms with van der Waals surface area (Å²) in [5, 5.41) is 11.5. The van der Waals surface area contributed by atoms with Crippen molar-refractivity contribution in [1.29, 1.82) is 0 Å². The standard InChI is InChI=1S/C18H18F3N3O3/c1-3-4-8-13(17(26)27)23-16(25)14-10(2)22-15(24-14)11-6-5-7-12(9-11)18(19,20)21/h3,5-7,9,13H,1,4,8H2,2H3,(H,22,24)(H,23,25)(H,26,27). The van der Waals surface area contributed by atoms with E-state index in [4.69, 9.17) is 0 Å². The van der Waals surface area contributed by atoms with Crippen LogP contribution >= 0.6 is 0 Å². The summed E-state index contributed by atoms with van der Waals surface area (Å²) in [4.78, 5) is 30.4. The minimum atomic E-state index is -4.50. The third kappa shape index (κ3) is 4.96. The highest BCUT2D eigenvalue weighted by molar-refractivity contribution is 5.96. The van der Waals surface area contributed by atoms with Gasteiger partial charge in [-0.05, 0) is 31.9 Å². The van der Waals surface area contributed by atoms with Crippen molar-refractivity contribution in [2.45, 2.75) is 32.0 Å². The van der Waals surface area contributed by atoms with Crippen LogP contribution in [0.15, 0.2) is 36.9 Å². The summed E-state index contributed by atoms with van der Waals surface area (Å²) in [6.45, 7) is 5.03. The van der Waals surface area contributed by atoms with Crippen LogP contribution in [0.4, 0.5) is 13.2 Å². The van der Waals surface area contributed by atoms with Gasteiger partial charge in [-0.15, -0.1) is 6.58 Å². The van der Waals surface area contributed by atoms with Gasteiger partial charge in [-0.2, -0.15) is 13.2 Å². The van der Waals surface area contributed by atoms with Crippen molar-refractivity contribution in [3.8, 4) is 11.4 Å². The van der Waals surface area contributed by atoms with Crippen molar-refractivity contribution in [3.63, 3.8) is 0 Å². The van der Waals surface area contributed by atoms with E-state index in [1.165, 1.54) is 25.1 Å². The minimum absolute atomic E-state index is 0.0766. The number of alkyl halides is 3. The molecule has 0 aliphatic carbocycles. The number of carboxylic acid groups (broad SMARTS) is 1. The van der Waals surface area contributed by atoms with E-state index in [2.05, 4.69) is 21.9 Å². The number of benzene rings is 1. The second kappa shape index (κ2) is 8.07. The number of aromatic nitrogens is 2. The molecule has 0 saturated heterocycles. The van der Waals surface area contributed by atoms with Crippen LogP contribution in [0.3, 0.4) is 0 Å². The Bertz CT molecular complexity index is 859. The number of carboxylic acids is 1. The summed E-state index contributed by atoms with van der Waals surface area (Å²) >= 11 is 0. The fourth-order valence-corrected chi connectivity index (χ4v) is 2.43. The molecule has 1 aromatic carbocycles. The summed E-state index contributed by atoms with van der Waals surface area (Å²) in [5.74, 6) is -1.84. The summed E-state index contributed by atoms with van der Waals surface area (Å²) in [6.07, 6.45) is -2.41. The fraction of sp³-hybridized carbons (Fsp3) is 0.278. The molecule has 0 aliphatic heterocycles. The van der Waals surface area contributed by atoms with Gasteiger partial charge in [-0.3, -0.25) is 4.79 Å². The van der Waals surface area contributed by atoms with E-state index in [1.54, 1.807) is 0 Å². The molecule has 1 amide bonds. The van der Waals surface area contributed by atoms with Crippen LogP contribution in [0.5, 0.6) is 0 Å². The predicted octanol–water partition coefficient (Wildman–Crippen LogP) is 3.55. The molecule has 0 radical (unpaired) electrons. The van der Waals surface area contributed by atoms with Gasteiger partial charge in [0.15, 0.2) is 0 Å². The first-order chi connectivity index (χ1) is 12.6. The number of amides is 1. The largest absolute Gasteiger partial charge is 0.480 e. The number of rotatable bonds is 7. The topological polar surface area (TPSA) is 95.1 Å². The number of nitrogens with zero attached hydrogens (tertiary/aromatic N) is 1. The SMILES string of the molecule is C=CCCC(NC(=O)c1nc(-c2cccc(C(F)(F)F)c2)[nH]c1C)C(=O)O. The second-order valence-corrected chi connectivity index (χ2v) is 5.87. The van der Waals surface area contributed by atoms with Crippen molar-refractivity contribution < 1.29 is 27.9 Å². The van der Waals surface area contributed by atoms with Gasteiger partial charge in [0.05, 0.1) is 5.56 Å². The van der Waals surface area contributed by atoms with E-state index in [9.17, 15) is 27.9 Å². The molecule has 9 heteroatoms. The number of aliphatic carboxylic acids is 1. The number of hydrogen-bond donors (Lipinski definition) is 3. The van der Waals surface area contributed by atoms with Crippen LogP contribution in [0.1, 0.15) is 34.6 Å². The predicted molar refractivity (Wildman–Crippen MR) is 92.1 cm³/mol. The molecule has 2 aromatic rings. The summed E-state index contributed by atoms with van der Waals surface area (Å²) in [6, 6.07) is 3.41. The maximum atomic E-state index is 12.9. The molecule has 0 fully saturated rings. The number of carbonyl (C=O) groups is 2. The molecule has 0 saturated carbocycles. The number of imidazole rings is 1. The maximum Gasteiger partial charge on any atom is 0.416 e. The Morgan fingerprint density at radius 1 is 1.41 bits per heavy atom. The zero-order chi connectivity index (χ0) is 20.2. The van der Waals surface area contributed by atoms with Gasteiger partial charge in [0.1, 0.15) is 17.6 Å². The first-order valence-electron chi connectivity index (χ1n) is 8.02. The quantitative estimate of drug-likeness (QED) is 0.639. The fourth-order valence-electron chi connectivity index (χ4n) is 2.43. The average molecular weight is 381 g/mol. The van der Waals surface area contributed by atoms with Crippen LogP contribution in [0, 0.1) is 6.92 Å². The van der Waals surface area contributed by atoms with Crippen molar-refractivity contribution in [1.82, 2.24) is 15.3 Å². The molecule has 27 heavy (non-hydrogen) atoms.